The number of carbonyl (C=O) groups excluding carboxylic acids is 1. The van der Waals surface area contributed by atoms with Crippen LogP contribution in [-0.4, -0.2) is 54.4 Å². The fourth-order valence-corrected chi connectivity index (χ4v) is 4.05. The van der Waals surface area contributed by atoms with Crippen LogP contribution in [0, 0.1) is 5.92 Å². The van der Waals surface area contributed by atoms with Gasteiger partial charge in [-0.2, -0.15) is 0 Å². The molecule has 27 heavy (non-hydrogen) atoms. The van der Waals surface area contributed by atoms with Crippen LogP contribution < -0.4 is 10.1 Å². The molecule has 2 aliphatic heterocycles. The molecule has 1 aromatic carbocycles. The van der Waals surface area contributed by atoms with Crippen molar-refractivity contribution >= 4 is 5.91 Å². The first-order valence-corrected chi connectivity index (χ1v) is 9.95. The Hall–Kier alpha value is -1.79. The largest absolute Gasteiger partial charge is 0.504 e. The standard InChI is InChI=1S/C21H32N2O4/c1-15(2)20(25)22-13-17-7-8-21(27-17)9-11-23(12-10-21)14-16-5-4-6-18(26-3)19(16)24/h4-6,15,17,24H,7-14H2,1-3H3,(H,22,25). The topological polar surface area (TPSA) is 71.0 Å². The molecule has 0 radical (unpaired) electrons. The van der Waals surface area contributed by atoms with Crippen LogP contribution in [0.5, 0.6) is 11.5 Å². The first-order chi connectivity index (χ1) is 12.9. The normalized spacial score (nSPS) is 22.3. The SMILES string of the molecule is COc1cccc(CN2CCC3(CCC(CNC(=O)C(C)C)O3)CC2)c1O. The quantitative estimate of drug-likeness (QED) is 0.799. The van der Waals surface area contributed by atoms with Gasteiger partial charge in [0.15, 0.2) is 11.5 Å². The fraction of sp³-hybridized carbons (Fsp3) is 0.667. The lowest BCUT2D eigenvalue weighted by molar-refractivity contribution is -0.125. The molecule has 0 bridgehead atoms. The molecule has 150 valence electrons. The minimum atomic E-state index is -0.0415. The molecule has 0 aromatic heterocycles. The smallest absolute Gasteiger partial charge is 0.222 e. The highest BCUT2D eigenvalue weighted by molar-refractivity contribution is 5.77. The Morgan fingerprint density at radius 2 is 2.11 bits per heavy atom. The van der Waals surface area contributed by atoms with Crippen molar-refractivity contribution in [3.8, 4) is 11.5 Å². The van der Waals surface area contributed by atoms with E-state index in [1.54, 1.807) is 13.2 Å². The number of amides is 1. The highest BCUT2D eigenvalue weighted by Crippen LogP contribution is 2.39. The number of hydrogen-bond donors (Lipinski definition) is 2. The number of ether oxygens (including phenoxy) is 2. The molecule has 0 aliphatic carbocycles. The molecule has 1 spiro atoms. The summed E-state index contributed by atoms with van der Waals surface area (Å²) in [6.45, 7) is 7.03. The second kappa shape index (κ2) is 8.48. The number of phenolic OH excluding ortho intramolecular Hbond substituents is 1. The zero-order chi connectivity index (χ0) is 19.4. The van der Waals surface area contributed by atoms with E-state index in [9.17, 15) is 9.90 Å². The van der Waals surface area contributed by atoms with Crippen molar-refractivity contribution in [2.75, 3.05) is 26.7 Å². The van der Waals surface area contributed by atoms with Gasteiger partial charge in [0, 0.05) is 37.7 Å². The minimum Gasteiger partial charge on any atom is -0.504 e. The number of nitrogens with zero attached hydrogens (tertiary/aromatic N) is 1. The predicted octanol–water partition coefficient (Wildman–Crippen LogP) is 2.69. The van der Waals surface area contributed by atoms with Crippen LogP contribution in [-0.2, 0) is 16.1 Å². The summed E-state index contributed by atoms with van der Waals surface area (Å²) in [7, 11) is 1.57. The number of phenols is 1. The zero-order valence-electron chi connectivity index (χ0n) is 16.7. The summed E-state index contributed by atoms with van der Waals surface area (Å²) in [6.07, 6.45) is 4.18. The Balaban J connectivity index is 1.48. The first kappa shape index (κ1) is 20.0. The third kappa shape index (κ3) is 4.74. The average Bonchev–Trinajstić information content (AvgIpc) is 3.06. The number of carbonyl (C=O) groups is 1. The fourth-order valence-electron chi connectivity index (χ4n) is 4.05. The van der Waals surface area contributed by atoms with E-state index in [1.165, 1.54) is 0 Å². The Kier molecular flexibility index (Phi) is 6.27. The highest BCUT2D eigenvalue weighted by atomic mass is 16.5. The van der Waals surface area contributed by atoms with Crippen molar-refractivity contribution in [3.63, 3.8) is 0 Å². The molecule has 2 N–H and O–H groups in total. The summed E-state index contributed by atoms with van der Waals surface area (Å²) in [5.41, 5.74) is 0.854. The maximum atomic E-state index is 11.8. The lowest BCUT2D eigenvalue weighted by Crippen LogP contribution is -2.45. The highest BCUT2D eigenvalue weighted by Gasteiger charge is 2.42. The van der Waals surface area contributed by atoms with Crippen molar-refractivity contribution in [3.05, 3.63) is 23.8 Å². The van der Waals surface area contributed by atoms with E-state index in [2.05, 4.69) is 10.2 Å². The molecule has 1 amide bonds. The molecule has 2 saturated heterocycles. The van der Waals surface area contributed by atoms with Crippen molar-refractivity contribution in [2.45, 2.75) is 57.8 Å². The van der Waals surface area contributed by atoms with Crippen LogP contribution in [0.1, 0.15) is 45.1 Å². The second-order valence-corrected chi connectivity index (χ2v) is 8.11. The van der Waals surface area contributed by atoms with Gasteiger partial charge in [0.2, 0.25) is 5.91 Å². The van der Waals surface area contributed by atoms with Crippen LogP contribution in [0.4, 0.5) is 0 Å². The summed E-state index contributed by atoms with van der Waals surface area (Å²) < 4.78 is 11.6. The van der Waals surface area contributed by atoms with Crippen molar-refractivity contribution in [1.29, 1.82) is 0 Å². The Bertz CT molecular complexity index is 654. The molecule has 0 saturated carbocycles. The Labute approximate surface area is 161 Å². The second-order valence-electron chi connectivity index (χ2n) is 8.11. The van der Waals surface area contributed by atoms with Gasteiger partial charge in [-0.15, -0.1) is 0 Å². The third-order valence-corrected chi connectivity index (χ3v) is 5.83. The number of nitrogens with one attached hydrogen (secondary N) is 1. The molecule has 3 rings (SSSR count). The number of rotatable bonds is 6. The van der Waals surface area contributed by atoms with Crippen molar-refractivity contribution in [1.82, 2.24) is 10.2 Å². The van der Waals surface area contributed by atoms with Gasteiger partial charge >= 0.3 is 0 Å². The molecular formula is C21H32N2O4. The Morgan fingerprint density at radius 3 is 2.78 bits per heavy atom. The molecule has 2 fully saturated rings. The number of benzene rings is 1. The molecular weight excluding hydrogens is 344 g/mol. The van der Waals surface area contributed by atoms with Gasteiger partial charge in [-0.1, -0.05) is 26.0 Å². The lowest BCUT2D eigenvalue weighted by Gasteiger charge is -2.39. The van der Waals surface area contributed by atoms with E-state index in [0.717, 1.165) is 44.3 Å². The molecule has 6 heteroatoms. The molecule has 1 atom stereocenters. The van der Waals surface area contributed by atoms with Gasteiger partial charge in [-0.25, -0.2) is 0 Å². The van der Waals surface area contributed by atoms with E-state index < -0.39 is 0 Å². The third-order valence-electron chi connectivity index (χ3n) is 5.83. The van der Waals surface area contributed by atoms with Gasteiger partial charge in [-0.3, -0.25) is 9.69 Å². The minimum absolute atomic E-state index is 0.0108. The van der Waals surface area contributed by atoms with Gasteiger partial charge in [0.1, 0.15) is 0 Å². The Morgan fingerprint density at radius 1 is 1.37 bits per heavy atom. The van der Waals surface area contributed by atoms with Crippen molar-refractivity contribution in [2.24, 2.45) is 5.92 Å². The van der Waals surface area contributed by atoms with E-state index in [4.69, 9.17) is 9.47 Å². The number of piperidine rings is 1. The number of para-hydroxylation sites is 1. The summed E-state index contributed by atoms with van der Waals surface area (Å²) in [5, 5.41) is 13.3. The molecule has 1 unspecified atom stereocenters. The maximum Gasteiger partial charge on any atom is 0.222 e. The first-order valence-electron chi connectivity index (χ1n) is 9.95. The predicted molar refractivity (Wildman–Crippen MR) is 104 cm³/mol. The van der Waals surface area contributed by atoms with Crippen molar-refractivity contribution < 1.29 is 19.4 Å². The number of aromatic hydroxyl groups is 1. The van der Waals surface area contributed by atoms with Crippen LogP contribution >= 0.6 is 0 Å². The molecule has 1 aromatic rings. The van der Waals surface area contributed by atoms with E-state index >= 15 is 0 Å². The maximum absolute atomic E-state index is 11.8. The summed E-state index contributed by atoms with van der Waals surface area (Å²) in [5.74, 6) is 0.855. The van der Waals surface area contributed by atoms with Crippen LogP contribution in [0.15, 0.2) is 18.2 Å². The molecule has 2 heterocycles. The van der Waals surface area contributed by atoms with E-state index in [0.29, 0.717) is 18.8 Å². The van der Waals surface area contributed by atoms with E-state index in [-0.39, 0.29) is 29.3 Å². The monoisotopic (exact) mass is 376 g/mol. The van der Waals surface area contributed by atoms with Crippen LogP contribution in [0.3, 0.4) is 0 Å². The van der Waals surface area contributed by atoms with Gasteiger partial charge in [-0.05, 0) is 31.7 Å². The van der Waals surface area contributed by atoms with Gasteiger partial charge in [0.25, 0.3) is 0 Å². The number of methoxy groups -OCH3 is 1. The van der Waals surface area contributed by atoms with Crippen LogP contribution in [0.2, 0.25) is 0 Å². The van der Waals surface area contributed by atoms with Gasteiger partial charge < -0.3 is 19.9 Å². The van der Waals surface area contributed by atoms with Gasteiger partial charge in [0.05, 0.1) is 18.8 Å². The summed E-state index contributed by atoms with van der Waals surface area (Å²) in [6, 6.07) is 5.63. The summed E-state index contributed by atoms with van der Waals surface area (Å²) >= 11 is 0. The number of likely N-dealkylation sites (tertiary alicyclic amines) is 1. The lowest BCUT2D eigenvalue weighted by atomic mass is 9.88. The number of hydrogen-bond acceptors (Lipinski definition) is 5. The zero-order valence-corrected chi connectivity index (χ0v) is 16.7. The van der Waals surface area contributed by atoms with Crippen LogP contribution in [0.25, 0.3) is 0 Å². The average molecular weight is 376 g/mol. The molecule has 6 nitrogen and oxygen atoms in total. The molecule has 2 aliphatic rings. The summed E-state index contributed by atoms with van der Waals surface area (Å²) in [4.78, 5) is 14.1. The van der Waals surface area contributed by atoms with E-state index in [1.807, 2.05) is 26.0 Å².